The van der Waals surface area contributed by atoms with E-state index in [4.69, 9.17) is 13.9 Å². The summed E-state index contributed by atoms with van der Waals surface area (Å²) in [6.45, 7) is 6.96. The number of ether oxygens (including phenoxy) is 2. The molecule has 134 valence electrons. The lowest BCUT2D eigenvalue weighted by Gasteiger charge is -2.12. The first-order chi connectivity index (χ1) is 12.2. The minimum absolute atomic E-state index is 0.313. The molecule has 1 aromatic heterocycles. The van der Waals surface area contributed by atoms with E-state index in [9.17, 15) is 4.79 Å². The SMILES string of the molecule is CCCCOc1ccc(/C=N/NC(=O)c2ccoc2C)cc1OCC. The fraction of sp³-hybridized carbons (Fsp3) is 0.368. The van der Waals surface area contributed by atoms with Gasteiger partial charge in [-0.15, -0.1) is 0 Å². The Labute approximate surface area is 147 Å². The van der Waals surface area contributed by atoms with Gasteiger partial charge in [-0.3, -0.25) is 4.79 Å². The second-order valence-electron chi connectivity index (χ2n) is 5.43. The first-order valence-corrected chi connectivity index (χ1v) is 8.42. The quantitative estimate of drug-likeness (QED) is 0.425. The molecule has 1 N–H and O–H groups in total. The number of carbonyl (C=O) groups excluding carboxylic acids is 1. The second-order valence-corrected chi connectivity index (χ2v) is 5.43. The Balaban J connectivity index is 2.02. The zero-order valence-electron chi connectivity index (χ0n) is 14.9. The van der Waals surface area contributed by atoms with E-state index in [0.29, 0.717) is 36.0 Å². The highest BCUT2D eigenvalue weighted by molar-refractivity contribution is 5.95. The minimum Gasteiger partial charge on any atom is -0.490 e. The number of benzene rings is 1. The summed E-state index contributed by atoms with van der Waals surface area (Å²) in [5.74, 6) is 1.62. The number of nitrogens with one attached hydrogen (secondary N) is 1. The van der Waals surface area contributed by atoms with Crippen molar-refractivity contribution < 1.29 is 18.7 Å². The third-order valence-corrected chi connectivity index (χ3v) is 3.51. The van der Waals surface area contributed by atoms with Gasteiger partial charge < -0.3 is 13.9 Å². The molecule has 0 bridgehead atoms. The molecule has 1 aromatic carbocycles. The van der Waals surface area contributed by atoms with Crippen LogP contribution in [0.5, 0.6) is 11.5 Å². The number of hydrogen-bond donors (Lipinski definition) is 1. The lowest BCUT2D eigenvalue weighted by atomic mass is 10.2. The van der Waals surface area contributed by atoms with Crippen LogP contribution in [0.25, 0.3) is 0 Å². The smallest absolute Gasteiger partial charge is 0.274 e. The molecule has 0 radical (unpaired) electrons. The maximum Gasteiger partial charge on any atom is 0.274 e. The van der Waals surface area contributed by atoms with Crippen LogP contribution in [0.1, 0.15) is 48.4 Å². The zero-order chi connectivity index (χ0) is 18.1. The summed E-state index contributed by atoms with van der Waals surface area (Å²) < 4.78 is 16.5. The summed E-state index contributed by atoms with van der Waals surface area (Å²) in [5, 5.41) is 3.98. The van der Waals surface area contributed by atoms with Gasteiger partial charge >= 0.3 is 0 Å². The highest BCUT2D eigenvalue weighted by Gasteiger charge is 2.10. The van der Waals surface area contributed by atoms with Crippen LogP contribution in [-0.2, 0) is 0 Å². The number of carbonyl (C=O) groups is 1. The number of aryl methyl sites for hydroxylation is 1. The number of hydrazone groups is 1. The summed E-state index contributed by atoms with van der Waals surface area (Å²) in [6.07, 6.45) is 5.10. The minimum atomic E-state index is -0.313. The van der Waals surface area contributed by atoms with Gasteiger partial charge in [0.1, 0.15) is 5.76 Å². The molecule has 6 nitrogen and oxygen atoms in total. The zero-order valence-corrected chi connectivity index (χ0v) is 14.9. The molecule has 0 aliphatic heterocycles. The standard InChI is InChI=1S/C19H24N2O4/c1-4-6-10-25-17-8-7-15(12-18(17)23-5-2)13-20-21-19(22)16-9-11-24-14(16)3/h7-9,11-13H,4-6,10H2,1-3H3,(H,21,22)/b20-13+. The van der Waals surface area contributed by atoms with Crippen LogP contribution >= 0.6 is 0 Å². The largest absolute Gasteiger partial charge is 0.490 e. The van der Waals surface area contributed by atoms with Crippen LogP contribution in [0.3, 0.4) is 0 Å². The third kappa shape index (κ3) is 5.38. The maximum absolute atomic E-state index is 12.0. The molecule has 0 unspecified atom stereocenters. The van der Waals surface area contributed by atoms with E-state index in [2.05, 4.69) is 17.5 Å². The molecular formula is C19H24N2O4. The van der Waals surface area contributed by atoms with Gasteiger partial charge in [-0.05, 0) is 50.1 Å². The maximum atomic E-state index is 12.0. The molecule has 0 saturated carbocycles. The van der Waals surface area contributed by atoms with Gasteiger partial charge in [0.2, 0.25) is 0 Å². The van der Waals surface area contributed by atoms with E-state index in [1.807, 2.05) is 25.1 Å². The topological polar surface area (TPSA) is 73.1 Å². The fourth-order valence-corrected chi connectivity index (χ4v) is 2.17. The van der Waals surface area contributed by atoms with Gasteiger partial charge in [-0.25, -0.2) is 5.43 Å². The molecule has 1 heterocycles. The van der Waals surface area contributed by atoms with Crippen molar-refractivity contribution in [2.75, 3.05) is 13.2 Å². The first-order valence-electron chi connectivity index (χ1n) is 8.42. The van der Waals surface area contributed by atoms with E-state index in [0.717, 1.165) is 18.4 Å². The van der Waals surface area contributed by atoms with Gasteiger partial charge in [-0.2, -0.15) is 5.10 Å². The number of amides is 1. The predicted octanol–water partition coefficient (Wildman–Crippen LogP) is 3.93. The lowest BCUT2D eigenvalue weighted by molar-refractivity contribution is 0.0953. The summed E-state index contributed by atoms with van der Waals surface area (Å²) in [7, 11) is 0. The Morgan fingerprint density at radius 1 is 1.24 bits per heavy atom. The fourth-order valence-electron chi connectivity index (χ4n) is 2.17. The molecule has 0 aliphatic carbocycles. The summed E-state index contributed by atoms with van der Waals surface area (Å²) in [6, 6.07) is 7.16. The number of furan rings is 1. The predicted molar refractivity (Wildman–Crippen MR) is 96.5 cm³/mol. The molecule has 0 fully saturated rings. The molecule has 0 saturated heterocycles. The van der Waals surface area contributed by atoms with Crippen LogP contribution in [0.2, 0.25) is 0 Å². The van der Waals surface area contributed by atoms with Crippen LogP contribution in [-0.4, -0.2) is 25.3 Å². The highest BCUT2D eigenvalue weighted by atomic mass is 16.5. The van der Waals surface area contributed by atoms with Crippen molar-refractivity contribution in [2.45, 2.75) is 33.6 Å². The summed E-state index contributed by atoms with van der Waals surface area (Å²) in [4.78, 5) is 12.0. The molecule has 6 heteroatoms. The Hall–Kier alpha value is -2.76. The van der Waals surface area contributed by atoms with Gasteiger partial charge in [-0.1, -0.05) is 13.3 Å². The Morgan fingerprint density at radius 2 is 2.08 bits per heavy atom. The van der Waals surface area contributed by atoms with Gasteiger partial charge in [0.05, 0.1) is 31.3 Å². The average molecular weight is 344 g/mol. The van der Waals surface area contributed by atoms with Crippen molar-refractivity contribution in [1.29, 1.82) is 0 Å². The van der Waals surface area contributed by atoms with Crippen LogP contribution in [0, 0.1) is 6.92 Å². The summed E-state index contributed by atoms with van der Waals surface area (Å²) >= 11 is 0. The van der Waals surface area contributed by atoms with Crippen LogP contribution in [0.4, 0.5) is 0 Å². The van der Waals surface area contributed by atoms with E-state index in [1.165, 1.54) is 6.26 Å². The molecule has 25 heavy (non-hydrogen) atoms. The first kappa shape index (κ1) is 18.6. The van der Waals surface area contributed by atoms with Gasteiger partial charge in [0, 0.05) is 0 Å². The van der Waals surface area contributed by atoms with Gasteiger partial charge in [0.15, 0.2) is 11.5 Å². The van der Waals surface area contributed by atoms with Crippen molar-refractivity contribution in [3.05, 3.63) is 47.4 Å². The van der Waals surface area contributed by atoms with E-state index in [1.54, 1.807) is 19.2 Å². The van der Waals surface area contributed by atoms with E-state index >= 15 is 0 Å². The lowest BCUT2D eigenvalue weighted by Crippen LogP contribution is -2.17. The number of hydrogen-bond acceptors (Lipinski definition) is 5. The molecule has 0 aliphatic rings. The molecule has 2 aromatic rings. The second kappa shape index (κ2) is 9.52. The average Bonchev–Trinajstić information content (AvgIpc) is 3.03. The van der Waals surface area contributed by atoms with Crippen LogP contribution in [0.15, 0.2) is 40.0 Å². The number of nitrogens with zero attached hydrogens (tertiary/aromatic N) is 1. The molecule has 1 amide bonds. The molecule has 0 atom stereocenters. The van der Waals surface area contributed by atoms with E-state index < -0.39 is 0 Å². The molecule has 0 spiro atoms. The molecule has 2 rings (SSSR count). The number of unbranched alkanes of at least 4 members (excludes halogenated alkanes) is 1. The third-order valence-electron chi connectivity index (χ3n) is 3.51. The van der Waals surface area contributed by atoms with Crippen molar-refractivity contribution in [3.63, 3.8) is 0 Å². The highest BCUT2D eigenvalue weighted by Crippen LogP contribution is 2.28. The number of rotatable bonds is 9. The summed E-state index contributed by atoms with van der Waals surface area (Å²) in [5.41, 5.74) is 3.75. The Morgan fingerprint density at radius 3 is 2.76 bits per heavy atom. The van der Waals surface area contributed by atoms with Crippen molar-refractivity contribution >= 4 is 12.1 Å². The monoisotopic (exact) mass is 344 g/mol. The van der Waals surface area contributed by atoms with Crippen molar-refractivity contribution in [2.24, 2.45) is 5.10 Å². The van der Waals surface area contributed by atoms with Crippen molar-refractivity contribution in [3.8, 4) is 11.5 Å². The Bertz CT molecular complexity index is 722. The van der Waals surface area contributed by atoms with Gasteiger partial charge in [0.25, 0.3) is 5.91 Å². The van der Waals surface area contributed by atoms with E-state index in [-0.39, 0.29) is 5.91 Å². The Kier molecular flexibility index (Phi) is 7.07. The van der Waals surface area contributed by atoms with Crippen molar-refractivity contribution in [1.82, 2.24) is 5.43 Å². The van der Waals surface area contributed by atoms with Crippen LogP contribution < -0.4 is 14.9 Å². The molecular weight excluding hydrogens is 320 g/mol. The normalized spacial score (nSPS) is 10.8.